The number of hydrogen-bond donors (Lipinski definition) is 0. The summed E-state index contributed by atoms with van der Waals surface area (Å²) in [6, 6.07) is 8.28. The van der Waals surface area contributed by atoms with E-state index < -0.39 is 0 Å². The summed E-state index contributed by atoms with van der Waals surface area (Å²) in [7, 11) is 0. The van der Waals surface area contributed by atoms with Gasteiger partial charge in [0, 0.05) is 18.9 Å². The summed E-state index contributed by atoms with van der Waals surface area (Å²) in [4.78, 5) is 10.3. The molecule has 0 saturated carbocycles. The lowest BCUT2D eigenvalue weighted by Gasteiger charge is -2.07. The Morgan fingerprint density at radius 3 is 2.71 bits per heavy atom. The molecule has 74 valence electrons. The minimum absolute atomic E-state index is 0.515. The van der Waals surface area contributed by atoms with Crippen molar-refractivity contribution in [1.82, 2.24) is 0 Å². The van der Waals surface area contributed by atoms with Crippen LogP contribution in [0.15, 0.2) is 24.3 Å². The van der Waals surface area contributed by atoms with Gasteiger partial charge in [0.1, 0.15) is 6.29 Å². The van der Waals surface area contributed by atoms with Crippen molar-refractivity contribution in [3.8, 4) is 0 Å². The topological polar surface area (TPSA) is 26.3 Å². The number of carbonyl (C=O) groups is 1. The number of carbonyl (C=O) groups excluding carboxylic acids is 1. The molecule has 1 aromatic carbocycles. The van der Waals surface area contributed by atoms with Crippen molar-refractivity contribution in [3.63, 3.8) is 0 Å². The molecule has 0 radical (unpaired) electrons. The fraction of sp³-hybridized carbons (Fsp3) is 0.417. The van der Waals surface area contributed by atoms with E-state index in [1.54, 1.807) is 0 Å². The zero-order chi connectivity index (χ0) is 9.80. The van der Waals surface area contributed by atoms with Crippen LogP contribution in [-0.2, 0) is 16.0 Å². The number of hydrogen-bond acceptors (Lipinski definition) is 2. The molecule has 1 heterocycles. The predicted octanol–water partition coefficient (Wildman–Crippen LogP) is 1.93. The quantitative estimate of drug-likeness (QED) is 0.681. The molecule has 1 atom stereocenters. The van der Waals surface area contributed by atoms with E-state index in [-0.39, 0.29) is 0 Å². The van der Waals surface area contributed by atoms with E-state index in [0.717, 1.165) is 31.5 Å². The summed E-state index contributed by atoms with van der Waals surface area (Å²) in [5, 5.41) is 0. The van der Waals surface area contributed by atoms with Crippen molar-refractivity contribution < 1.29 is 9.53 Å². The molecule has 1 unspecified atom stereocenters. The van der Waals surface area contributed by atoms with Crippen LogP contribution in [0.5, 0.6) is 0 Å². The molecule has 0 aliphatic carbocycles. The van der Waals surface area contributed by atoms with E-state index in [4.69, 9.17) is 4.74 Å². The van der Waals surface area contributed by atoms with E-state index in [2.05, 4.69) is 12.1 Å². The molecule has 2 heteroatoms. The van der Waals surface area contributed by atoms with E-state index in [0.29, 0.717) is 12.3 Å². The lowest BCUT2D eigenvalue weighted by atomic mass is 9.97. The van der Waals surface area contributed by atoms with Gasteiger partial charge in [-0.2, -0.15) is 0 Å². The highest BCUT2D eigenvalue weighted by atomic mass is 16.5. The number of ether oxygens (including phenoxy) is 1. The molecule has 0 bridgehead atoms. The molecule has 2 rings (SSSR count). The highest BCUT2D eigenvalue weighted by Crippen LogP contribution is 2.25. The van der Waals surface area contributed by atoms with E-state index in [1.165, 1.54) is 5.56 Å². The molecule has 1 saturated heterocycles. The Morgan fingerprint density at radius 2 is 2.14 bits per heavy atom. The summed E-state index contributed by atoms with van der Waals surface area (Å²) in [5.74, 6) is 0.556. The van der Waals surface area contributed by atoms with Crippen molar-refractivity contribution in [1.29, 1.82) is 0 Å². The second-order valence-electron chi connectivity index (χ2n) is 3.67. The van der Waals surface area contributed by atoms with Gasteiger partial charge in [0.05, 0.1) is 6.61 Å². The molecule has 1 aliphatic heterocycles. The van der Waals surface area contributed by atoms with Crippen molar-refractivity contribution in [2.75, 3.05) is 13.2 Å². The largest absolute Gasteiger partial charge is 0.381 e. The zero-order valence-corrected chi connectivity index (χ0v) is 8.11. The first-order chi connectivity index (χ1) is 6.90. The minimum Gasteiger partial charge on any atom is -0.381 e. The third-order valence-corrected chi connectivity index (χ3v) is 2.70. The molecular weight excluding hydrogens is 176 g/mol. The van der Waals surface area contributed by atoms with Gasteiger partial charge in [0.2, 0.25) is 0 Å². The molecule has 1 fully saturated rings. The predicted molar refractivity (Wildman–Crippen MR) is 54.4 cm³/mol. The summed E-state index contributed by atoms with van der Waals surface area (Å²) in [6.07, 6.45) is 2.57. The van der Waals surface area contributed by atoms with Crippen LogP contribution in [0.3, 0.4) is 0 Å². The average Bonchev–Trinajstić information content (AvgIpc) is 2.72. The average molecular weight is 190 g/mol. The maximum atomic E-state index is 10.3. The first-order valence-electron chi connectivity index (χ1n) is 5.00. The van der Waals surface area contributed by atoms with Crippen LogP contribution in [0.25, 0.3) is 0 Å². The molecule has 1 aromatic rings. The van der Waals surface area contributed by atoms with Crippen LogP contribution < -0.4 is 0 Å². The summed E-state index contributed by atoms with van der Waals surface area (Å²) in [6.45, 7) is 1.72. The second-order valence-corrected chi connectivity index (χ2v) is 3.67. The molecule has 0 aromatic heterocycles. The van der Waals surface area contributed by atoms with Gasteiger partial charge in [0.15, 0.2) is 0 Å². The summed E-state index contributed by atoms with van der Waals surface area (Å²) >= 11 is 0. The van der Waals surface area contributed by atoms with Crippen LogP contribution >= 0.6 is 0 Å². The molecule has 0 amide bonds. The smallest absolute Gasteiger partial charge is 0.124 e. The molecule has 14 heavy (non-hydrogen) atoms. The van der Waals surface area contributed by atoms with Crippen LogP contribution in [0.2, 0.25) is 0 Å². The van der Waals surface area contributed by atoms with Gasteiger partial charge in [0.25, 0.3) is 0 Å². The van der Waals surface area contributed by atoms with Crippen LogP contribution in [0.1, 0.15) is 23.5 Å². The highest BCUT2D eigenvalue weighted by Gasteiger charge is 2.16. The molecule has 0 spiro atoms. The monoisotopic (exact) mass is 190 g/mol. The minimum atomic E-state index is 0.515. The fourth-order valence-corrected chi connectivity index (χ4v) is 1.82. The molecular formula is C12H14O2. The number of benzene rings is 1. The fourth-order valence-electron chi connectivity index (χ4n) is 1.82. The van der Waals surface area contributed by atoms with Gasteiger partial charge < -0.3 is 9.53 Å². The van der Waals surface area contributed by atoms with Gasteiger partial charge in [-0.05, 0) is 17.5 Å². The third-order valence-electron chi connectivity index (χ3n) is 2.70. The SMILES string of the molecule is O=CCc1ccc(C2CCOC2)cc1. The second kappa shape index (κ2) is 4.38. The van der Waals surface area contributed by atoms with E-state index in [9.17, 15) is 4.79 Å². The van der Waals surface area contributed by atoms with Gasteiger partial charge in [-0.3, -0.25) is 0 Å². The van der Waals surface area contributed by atoms with Crippen molar-refractivity contribution >= 4 is 6.29 Å². The maximum absolute atomic E-state index is 10.3. The number of aldehydes is 1. The molecule has 0 N–H and O–H groups in total. The highest BCUT2D eigenvalue weighted by molar-refractivity contribution is 5.54. The van der Waals surface area contributed by atoms with Gasteiger partial charge in [-0.25, -0.2) is 0 Å². The van der Waals surface area contributed by atoms with E-state index in [1.807, 2.05) is 12.1 Å². The molecule has 1 aliphatic rings. The van der Waals surface area contributed by atoms with Crippen molar-refractivity contribution in [2.45, 2.75) is 18.8 Å². The zero-order valence-electron chi connectivity index (χ0n) is 8.11. The Hall–Kier alpha value is -1.15. The van der Waals surface area contributed by atoms with Gasteiger partial charge in [-0.15, -0.1) is 0 Å². The lowest BCUT2D eigenvalue weighted by Crippen LogP contribution is -1.97. The third kappa shape index (κ3) is 2.02. The van der Waals surface area contributed by atoms with Crippen LogP contribution in [-0.4, -0.2) is 19.5 Å². The van der Waals surface area contributed by atoms with E-state index >= 15 is 0 Å². The lowest BCUT2D eigenvalue weighted by molar-refractivity contribution is -0.107. The number of rotatable bonds is 3. The Balaban J connectivity index is 2.08. The Labute approximate surface area is 83.9 Å². The molecule has 2 nitrogen and oxygen atoms in total. The Bertz CT molecular complexity index is 297. The summed E-state index contributed by atoms with van der Waals surface area (Å²) in [5.41, 5.74) is 2.42. The van der Waals surface area contributed by atoms with Crippen molar-refractivity contribution in [2.24, 2.45) is 0 Å². The van der Waals surface area contributed by atoms with Crippen LogP contribution in [0, 0.1) is 0 Å². The van der Waals surface area contributed by atoms with Crippen molar-refractivity contribution in [3.05, 3.63) is 35.4 Å². The Kier molecular flexibility index (Phi) is 2.94. The maximum Gasteiger partial charge on any atom is 0.124 e. The standard InChI is InChI=1S/C12H14O2/c13-7-5-10-1-3-11(4-2-10)12-6-8-14-9-12/h1-4,7,12H,5-6,8-9H2. The Morgan fingerprint density at radius 1 is 1.36 bits per heavy atom. The van der Waals surface area contributed by atoms with Gasteiger partial charge in [-0.1, -0.05) is 24.3 Å². The first-order valence-corrected chi connectivity index (χ1v) is 5.00. The first kappa shape index (κ1) is 9.41. The summed E-state index contributed by atoms with van der Waals surface area (Å²) < 4.78 is 5.33. The van der Waals surface area contributed by atoms with Crippen LogP contribution in [0.4, 0.5) is 0 Å². The van der Waals surface area contributed by atoms with Gasteiger partial charge >= 0.3 is 0 Å². The normalized spacial score (nSPS) is 21.0.